The minimum absolute atomic E-state index is 0.933. The molecule has 2 aromatic rings. The third-order valence-electron chi connectivity index (χ3n) is 2.75. The van der Waals surface area contributed by atoms with E-state index >= 15 is 0 Å². The number of hydrogen-bond acceptors (Lipinski definition) is 4. The number of benzene rings is 1. The molecular weight excluding hydrogens is 272 g/mol. The summed E-state index contributed by atoms with van der Waals surface area (Å²) in [6.07, 6.45) is 1.17. The summed E-state index contributed by atoms with van der Waals surface area (Å²) in [7, 11) is 0. The predicted octanol–water partition coefficient (Wildman–Crippen LogP) is 4.41. The zero-order valence-electron chi connectivity index (χ0n) is 11.7. The third kappa shape index (κ3) is 4.34. The highest BCUT2D eigenvalue weighted by Crippen LogP contribution is 2.33. The lowest BCUT2D eigenvalue weighted by molar-refractivity contribution is 0.669. The Morgan fingerprint density at radius 1 is 1.32 bits per heavy atom. The number of hydrogen-bond donors (Lipinski definition) is 1. The molecule has 0 aliphatic carbocycles. The molecule has 1 aromatic carbocycles. The van der Waals surface area contributed by atoms with Crippen molar-refractivity contribution in [2.75, 3.05) is 6.54 Å². The molecule has 2 nitrogen and oxygen atoms in total. The van der Waals surface area contributed by atoms with Gasteiger partial charge in [0.1, 0.15) is 0 Å². The molecule has 0 spiro atoms. The van der Waals surface area contributed by atoms with Crippen molar-refractivity contribution in [2.24, 2.45) is 0 Å². The molecule has 1 heterocycles. The molecule has 102 valence electrons. The standard InChI is InChI=1S/C15H20N2S2/c1-4-7-16-9-13-8-11(2)5-6-14(13)19-15-17-12(3)10-18-15/h5-6,8,10,16H,4,7,9H2,1-3H3. The van der Waals surface area contributed by atoms with Gasteiger partial charge in [0.15, 0.2) is 4.34 Å². The van der Waals surface area contributed by atoms with Gasteiger partial charge in [-0.3, -0.25) is 0 Å². The summed E-state index contributed by atoms with van der Waals surface area (Å²) in [4.78, 5) is 5.84. The van der Waals surface area contributed by atoms with E-state index in [2.05, 4.69) is 47.7 Å². The molecule has 0 fully saturated rings. The van der Waals surface area contributed by atoms with Crippen molar-refractivity contribution in [1.82, 2.24) is 10.3 Å². The molecule has 0 saturated carbocycles. The topological polar surface area (TPSA) is 24.9 Å². The summed E-state index contributed by atoms with van der Waals surface area (Å²) >= 11 is 3.49. The second kappa shape index (κ2) is 7.08. The van der Waals surface area contributed by atoms with Gasteiger partial charge >= 0.3 is 0 Å². The average molecular weight is 292 g/mol. The molecule has 0 unspecified atom stereocenters. The van der Waals surface area contributed by atoms with E-state index in [1.165, 1.54) is 22.4 Å². The molecule has 1 N–H and O–H groups in total. The van der Waals surface area contributed by atoms with Gasteiger partial charge < -0.3 is 5.32 Å². The summed E-state index contributed by atoms with van der Waals surface area (Å²) < 4.78 is 1.12. The normalized spacial score (nSPS) is 10.9. The van der Waals surface area contributed by atoms with E-state index in [0.717, 1.165) is 23.1 Å². The first-order valence-electron chi connectivity index (χ1n) is 6.59. The number of thiazole rings is 1. The molecule has 0 atom stereocenters. The Balaban J connectivity index is 2.14. The highest BCUT2D eigenvalue weighted by Gasteiger charge is 2.07. The Bertz CT molecular complexity index is 535. The van der Waals surface area contributed by atoms with Crippen LogP contribution in [0.25, 0.3) is 0 Å². The van der Waals surface area contributed by atoms with Gasteiger partial charge in [0.25, 0.3) is 0 Å². The van der Waals surface area contributed by atoms with Crippen LogP contribution in [0.2, 0.25) is 0 Å². The van der Waals surface area contributed by atoms with E-state index in [9.17, 15) is 0 Å². The van der Waals surface area contributed by atoms with Crippen LogP contribution in [-0.2, 0) is 6.54 Å². The summed E-state index contributed by atoms with van der Waals surface area (Å²) in [6.45, 7) is 8.37. The Morgan fingerprint density at radius 3 is 2.84 bits per heavy atom. The third-order valence-corrected chi connectivity index (χ3v) is 4.93. The fourth-order valence-corrected chi connectivity index (χ4v) is 3.72. The smallest absolute Gasteiger partial charge is 0.154 e. The van der Waals surface area contributed by atoms with Crippen LogP contribution >= 0.6 is 23.1 Å². The lowest BCUT2D eigenvalue weighted by Gasteiger charge is -2.10. The second-order valence-electron chi connectivity index (χ2n) is 4.64. The van der Waals surface area contributed by atoms with E-state index in [-0.39, 0.29) is 0 Å². The summed E-state index contributed by atoms with van der Waals surface area (Å²) in [5.74, 6) is 0. The first-order chi connectivity index (χ1) is 9.19. The second-order valence-corrected chi connectivity index (χ2v) is 6.79. The maximum absolute atomic E-state index is 4.53. The summed E-state index contributed by atoms with van der Waals surface area (Å²) in [6, 6.07) is 6.65. The van der Waals surface area contributed by atoms with Crippen molar-refractivity contribution in [3.05, 3.63) is 40.4 Å². The van der Waals surface area contributed by atoms with Gasteiger partial charge in [-0.25, -0.2) is 4.98 Å². The molecule has 0 saturated heterocycles. The lowest BCUT2D eigenvalue weighted by atomic mass is 10.1. The van der Waals surface area contributed by atoms with Crippen molar-refractivity contribution in [3.63, 3.8) is 0 Å². The van der Waals surface area contributed by atoms with Crippen molar-refractivity contribution in [3.8, 4) is 0 Å². The first kappa shape index (κ1) is 14.6. The minimum atomic E-state index is 0.933. The first-order valence-corrected chi connectivity index (χ1v) is 8.29. The maximum Gasteiger partial charge on any atom is 0.154 e. The maximum atomic E-state index is 4.53. The molecule has 2 rings (SSSR count). The Morgan fingerprint density at radius 2 is 2.16 bits per heavy atom. The van der Waals surface area contributed by atoms with Crippen LogP contribution in [0.15, 0.2) is 32.8 Å². The fourth-order valence-electron chi connectivity index (χ4n) is 1.82. The van der Waals surface area contributed by atoms with E-state index in [4.69, 9.17) is 0 Å². The predicted molar refractivity (Wildman–Crippen MR) is 84.2 cm³/mol. The lowest BCUT2D eigenvalue weighted by Crippen LogP contribution is -2.14. The van der Waals surface area contributed by atoms with Crippen LogP contribution in [0.1, 0.15) is 30.2 Å². The molecular formula is C15H20N2S2. The summed E-state index contributed by atoms with van der Waals surface area (Å²) in [5.41, 5.74) is 3.78. The van der Waals surface area contributed by atoms with Crippen molar-refractivity contribution < 1.29 is 0 Å². The van der Waals surface area contributed by atoms with Gasteiger partial charge in [-0.1, -0.05) is 36.4 Å². The van der Waals surface area contributed by atoms with Crippen LogP contribution in [0, 0.1) is 13.8 Å². The van der Waals surface area contributed by atoms with Gasteiger partial charge in [-0.2, -0.15) is 0 Å². The van der Waals surface area contributed by atoms with Crippen molar-refractivity contribution in [1.29, 1.82) is 0 Å². The molecule has 0 amide bonds. The number of nitrogens with zero attached hydrogens (tertiary/aromatic N) is 1. The van der Waals surface area contributed by atoms with Gasteiger partial charge in [-0.05, 0) is 38.4 Å². The van der Waals surface area contributed by atoms with Gasteiger partial charge in [0.05, 0.1) is 0 Å². The largest absolute Gasteiger partial charge is 0.313 e. The minimum Gasteiger partial charge on any atom is -0.313 e. The van der Waals surface area contributed by atoms with E-state index in [1.807, 2.05) is 6.92 Å². The van der Waals surface area contributed by atoms with E-state index < -0.39 is 0 Å². The molecule has 0 aliphatic heterocycles. The Hall–Kier alpha value is -0.840. The molecule has 0 radical (unpaired) electrons. The number of rotatable bonds is 6. The molecule has 19 heavy (non-hydrogen) atoms. The Labute approximate surface area is 123 Å². The van der Waals surface area contributed by atoms with E-state index in [1.54, 1.807) is 23.1 Å². The molecule has 4 heteroatoms. The molecule has 0 aliphatic rings. The number of nitrogens with one attached hydrogen (secondary N) is 1. The van der Waals surface area contributed by atoms with Crippen LogP contribution in [0.5, 0.6) is 0 Å². The average Bonchev–Trinajstić information content (AvgIpc) is 2.78. The van der Waals surface area contributed by atoms with Gasteiger partial charge in [0.2, 0.25) is 0 Å². The Kier molecular flexibility index (Phi) is 5.43. The zero-order chi connectivity index (χ0) is 13.7. The highest BCUT2D eigenvalue weighted by molar-refractivity contribution is 8.01. The van der Waals surface area contributed by atoms with Crippen LogP contribution in [0.3, 0.4) is 0 Å². The van der Waals surface area contributed by atoms with Crippen LogP contribution in [-0.4, -0.2) is 11.5 Å². The number of aryl methyl sites for hydroxylation is 2. The monoisotopic (exact) mass is 292 g/mol. The molecule has 0 bridgehead atoms. The fraction of sp³-hybridized carbons (Fsp3) is 0.400. The quantitative estimate of drug-likeness (QED) is 0.798. The van der Waals surface area contributed by atoms with E-state index in [0.29, 0.717) is 0 Å². The van der Waals surface area contributed by atoms with Gasteiger partial charge in [-0.15, -0.1) is 11.3 Å². The SMILES string of the molecule is CCCNCc1cc(C)ccc1Sc1nc(C)cs1. The van der Waals surface area contributed by atoms with Crippen molar-refractivity contribution >= 4 is 23.1 Å². The number of aromatic nitrogens is 1. The van der Waals surface area contributed by atoms with Gasteiger partial charge in [0, 0.05) is 22.5 Å². The highest BCUT2D eigenvalue weighted by atomic mass is 32.2. The zero-order valence-corrected chi connectivity index (χ0v) is 13.3. The molecule has 1 aromatic heterocycles. The van der Waals surface area contributed by atoms with Crippen LogP contribution in [0.4, 0.5) is 0 Å². The summed E-state index contributed by atoms with van der Waals surface area (Å²) in [5, 5.41) is 5.58. The van der Waals surface area contributed by atoms with Crippen LogP contribution < -0.4 is 5.32 Å². The van der Waals surface area contributed by atoms with Crippen molar-refractivity contribution in [2.45, 2.75) is 43.0 Å².